The molecule has 2 rings (SSSR count). The molecule has 0 bridgehead atoms. The number of aliphatic hydroxyl groups is 1. The Hall–Kier alpha value is -4.06. The normalized spacial score (nSPS) is 19.5. The van der Waals surface area contributed by atoms with Crippen molar-refractivity contribution in [3.63, 3.8) is 0 Å². The summed E-state index contributed by atoms with van der Waals surface area (Å²) in [5.74, 6) is -1.89. The molecular formula is C54H96N6O10S. The number of nitrogens with one attached hydrogen (secondary N) is 1. The highest BCUT2D eigenvalue weighted by molar-refractivity contribution is 7.81. The summed E-state index contributed by atoms with van der Waals surface area (Å²) in [6.45, 7) is 31.4. The molecule has 2 aliphatic rings. The number of nitrogens with two attached hydrogens (primary N) is 1. The van der Waals surface area contributed by atoms with E-state index in [1.54, 1.807) is 59.2 Å². The fourth-order valence-electron chi connectivity index (χ4n) is 9.46. The maximum Gasteiger partial charge on any atom is 0.240 e. The molecule has 2 aliphatic heterocycles. The van der Waals surface area contributed by atoms with Crippen LogP contribution < -0.4 is 11.1 Å². The highest BCUT2D eigenvalue weighted by atomic mass is 32.1. The van der Waals surface area contributed by atoms with Gasteiger partial charge in [-0.3, -0.25) is 38.5 Å². The van der Waals surface area contributed by atoms with Gasteiger partial charge in [0.25, 0.3) is 0 Å². The first-order valence-electron chi connectivity index (χ1n) is 25.8. The summed E-state index contributed by atoms with van der Waals surface area (Å²) in [4.78, 5) is 94.6. The van der Waals surface area contributed by atoms with Crippen molar-refractivity contribution in [2.24, 2.45) is 35.3 Å². The van der Waals surface area contributed by atoms with Crippen LogP contribution in [0.15, 0.2) is 37.0 Å². The van der Waals surface area contributed by atoms with Crippen LogP contribution in [0, 0.1) is 29.6 Å². The van der Waals surface area contributed by atoms with E-state index in [0.29, 0.717) is 57.2 Å². The third-order valence-electron chi connectivity index (χ3n) is 13.7. The van der Waals surface area contributed by atoms with Crippen LogP contribution in [0.2, 0.25) is 0 Å². The minimum Gasteiger partial charge on any atom is -0.386 e. The predicted octanol–water partition coefficient (Wildman–Crippen LogP) is 6.74. The fraction of sp³-hybridized carbons (Fsp3) is 0.759. The molecule has 0 radical (unpaired) electrons. The van der Waals surface area contributed by atoms with Crippen LogP contribution in [-0.4, -0.2) is 155 Å². The van der Waals surface area contributed by atoms with Crippen LogP contribution in [0.3, 0.4) is 0 Å². The number of carbonyl (C=O) groups excluding carboxylic acids is 7. The predicted molar refractivity (Wildman–Crippen MR) is 286 cm³/mol. The van der Waals surface area contributed by atoms with E-state index in [4.69, 9.17) is 15.2 Å². The molecule has 7 amide bonds. The SMILES string of the molecule is C=C/C=C(\C=C)C(O)C(C)NC(=O)C(C)C(OC)C1CCCN1C(=O)CC(OC)C(C(C)CC)N(C)C(=O)CC(C)C.CC.CC(C)C(C(N)=O)N(C)C(=O)CCCCCN1C(=O)CC(C(C)(C)S)C1=O. The summed E-state index contributed by atoms with van der Waals surface area (Å²) in [5.41, 5.74) is 5.94. The number of thiol groups is 1. The molecule has 10 atom stereocenters. The van der Waals surface area contributed by atoms with Gasteiger partial charge in [-0.25, -0.2) is 0 Å². The second kappa shape index (κ2) is 32.9. The molecule has 2 heterocycles. The zero-order valence-corrected chi connectivity index (χ0v) is 47.4. The van der Waals surface area contributed by atoms with E-state index < -0.39 is 47.0 Å². The average molecular weight is 1020 g/mol. The lowest BCUT2D eigenvalue weighted by Crippen LogP contribution is -2.54. The number of imide groups is 1. The number of methoxy groups -OCH3 is 2. The van der Waals surface area contributed by atoms with Crippen molar-refractivity contribution < 1.29 is 48.1 Å². The topological polar surface area (TPSA) is 209 Å². The van der Waals surface area contributed by atoms with Crippen molar-refractivity contribution in [1.82, 2.24) is 24.9 Å². The molecule has 0 aromatic heterocycles. The van der Waals surface area contributed by atoms with E-state index in [2.05, 4.69) is 45.0 Å². The quantitative estimate of drug-likeness (QED) is 0.0281. The Morgan fingerprint density at radius 2 is 1.55 bits per heavy atom. The summed E-state index contributed by atoms with van der Waals surface area (Å²) in [5, 5.41) is 13.6. The van der Waals surface area contributed by atoms with Gasteiger partial charge in [0.05, 0.1) is 54.7 Å². The van der Waals surface area contributed by atoms with Crippen molar-refractivity contribution in [3.05, 3.63) is 37.0 Å². The van der Waals surface area contributed by atoms with Crippen molar-refractivity contribution in [3.8, 4) is 0 Å². The van der Waals surface area contributed by atoms with Gasteiger partial charge in [0.1, 0.15) is 6.04 Å². The number of allylic oxidation sites excluding steroid dienone is 2. The van der Waals surface area contributed by atoms with Gasteiger partial charge in [-0.15, -0.1) is 0 Å². The van der Waals surface area contributed by atoms with E-state index in [-0.39, 0.29) is 84.0 Å². The highest BCUT2D eigenvalue weighted by Crippen LogP contribution is 2.34. The summed E-state index contributed by atoms with van der Waals surface area (Å²) in [6.07, 6.45) is 8.22. The Labute approximate surface area is 433 Å². The average Bonchev–Trinajstić information content (AvgIpc) is 3.91. The number of nitrogens with zero attached hydrogens (tertiary/aromatic N) is 4. The van der Waals surface area contributed by atoms with Crippen LogP contribution in [0.25, 0.3) is 0 Å². The molecule has 71 heavy (non-hydrogen) atoms. The minimum absolute atomic E-state index is 0.0441. The van der Waals surface area contributed by atoms with Gasteiger partial charge in [-0.1, -0.05) is 120 Å². The number of ether oxygens (including phenoxy) is 2. The minimum atomic E-state index is -0.947. The first-order chi connectivity index (χ1) is 33.2. The molecule has 0 spiro atoms. The smallest absolute Gasteiger partial charge is 0.240 e. The van der Waals surface area contributed by atoms with Crippen molar-refractivity contribution in [2.45, 2.75) is 195 Å². The molecule has 2 saturated heterocycles. The van der Waals surface area contributed by atoms with Gasteiger partial charge < -0.3 is 40.3 Å². The summed E-state index contributed by atoms with van der Waals surface area (Å²) < 4.78 is 11.2. The number of rotatable bonds is 28. The summed E-state index contributed by atoms with van der Waals surface area (Å²) in [6, 6.07) is -1.72. The van der Waals surface area contributed by atoms with Crippen molar-refractivity contribution >= 4 is 54.0 Å². The number of unbranched alkanes of at least 4 members (excludes halogenated alkanes) is 2. The van der Waals surface area contributed by atoms with E-state index >= 15 is 0 Å². The maximum atomic E-state index is 13.8. The standard InChI is InChI=1S/C33H57N3O6.C19H33N3O4S.C2H6/c1-12-16-25(14-3)31(39)24(8)34-33(40)23(7)32(42-11)26-17-15-18-36(26)29(38)20-27(41-10)30(22(6)13-2)35(9)28(37)19-21(4)5;1-12(2)16(17(20)25)21(5)14(23)9-7-6-8-10-22-15(24)11-13(18(22)26)19(3,4)27;1-2/h12,14,16,21-24,26-27,30-32,39H,1,3,13,15,17-20H2,2,4-11H3,(H,34,40);12-13,16,27H,6-11H2,1-5H3,(H2,20,25);1-2H3/b25-16+;;. The molecular weight excluding hydrogens is 925 g/mol. The van der Waals surface area contributed by atoms with Crippen LogP contribution in [0.4, 0.5) is 0 Å². The second-order valence-corrected chi connectivity index (χ2v) is 21.4. The van der Waals surface area contributed by atoms with Crippen LogP contribution in [0.1, 0.15) is 147 Å². The number of primary amides is 1. The zero-order valence-electron chi connectivity index (χ0n) is 46.5. The number of likely N-dealkylation sites (N-methyl/N-ethyl adjacent to an activating group) is 2. The molecule has 17 heteroatoms. The van der Waals surface area contributed by atoms with E-state index in [1.807, 2.05) is 60.3 Å². The van der Waals surface area contributed by atoms with Crippen LogP contribution in [-0.2, 0) is 43.0 Å². The number of carbonyl (C=O) groups is 7. The molecule has 0 saturated carbocycles. The Bertz CT molecular complexity index is 1770. The van der Waals surface area contributed by atoms with Crippen LogP contribution in [0.5, 0.6) is 0 Å². The summed E-state index contributed by atoms with van der Waals surface area (Å²) in [7, 11) is 6.56. The molecule has 0 aromatic rings. The van der Waals surface area contributed by atoms with Gasteiger partial charge in [-0.2, -0.15) is 12.6 Å². The van der Waals surface area contributed by atoms with Gasteiger partial charge in [0, 0.05) is 65.4 Å². The lowest BCUT2D eigenvalue weighted by Gasteiger charge is -2.39. The third kappa shape index (κ3) is 20.4. The summed E-state index contributed by atoms with van der Waals surface area (Å²) >= 11 is 4.43. The molecule has 0 aliphatic carbocycles. The van der Waals surface area contributed by atoms with Gasteiger partial charge in [0.2, 0.25) is 41.4 Å². The third-order valence-corrected chi connectivity index (χ3v) is 14.0. The van der Waals surface area contributed by atoms with E-state index in [9.17, 15) is 38.7 Å². The Balaban J connectivity index is 0.00000145. The number of hydrogen-bond donors (Lipinski definition) is 4. The number of hydrogen-bond acceptors (Lipinski definition) is 11. The molecule has 16 nitrogen and oxygen atoms in total. The number of aliphatic hydroxyl groups excluding tert-OH is 1. The van der Waals surface area contributed by atoms with Gasteiger partial charge in [0.15, 0.2) is 0 Å². The van der Waals surface area contributed by atoms with Crippen LogP contribution >= 0.6 is 12.6 Å². The monoisotopic (exact) mass is 1020 g/mol. The molecule has 2 fully saturated rings. The van der Waals surface area contributed by atoms with Crippen molar-refractivity contribution in [1.29, 1.82) is 0 Å². The highest BCUT2D eigenvalue weighted by Gasteiger charge is 2.45. The zero-order chi connectivity index (χ0) is 55.1. The number of likely N-dealkylation sites (tertiary alicyclic amines) is 2. The van der Waals surface area contributed by atoms with Gasteiger partial charge in [-0.05, 0) is 55.9 Å². The van der Waals surface area contributed by atoms with E-state index in [0.717, 1.165) is 12.8 Å². The lowest BCUT2D eigenvalue weighted by molar-refractivity contribution is -0.146. The first kappa shape index (κ1) is 66.9. The Morgan fingerprint density at radius 3 is 2.01 bits per heavy atom. The first-order valence-corrected chi connectivity index (χ1v) is 26.3. The van der Waals surface area contributed by atoms with Gasteiger partial charge >= 0.3 is 0 Å². The molecule has 408 valence electrons. The molecule has 4 N–H and O–H groups in total. The van der Waals surface area contributed by atoms with E-state index in [1.165, 1.54) is 15.9 Å². The Kier molecular flexibility index (Phi) is 31.0. The fourth-order valence-corrected chi connectivity index (χ4v) is 9.66. The van der Waals surface area contributed by atoms with Crippen molar-refractivity contribution in [2.75, 3.05) is 41.4 Å². The largest absolute Gasteiger partial charge is 0.386 e. The number of amides is 7. The second-order valence-electron chi connectivity index (χ2n) is 20.3. The molecule has 0 aromatic carbocycles. The lowest BCUT2D eigenvalue weighted by atomic mass is 9.90. The maximum absolute atomic E-state index is 13.8. The Morgan fingerprint density at radius 1 is 0.944 bits per heavy atom. The molecule has 10 unspecified atom stereocenters.